The normalized spacial score (nSPS) is 11.0. The van der Waals surface area contributed by atoms with Crippen molar-refractivity contribution in [3.8, 4) is 11.6 Å². The lowest BCUT2D eigenvalue weighted by molar-refractivity contribution is 0.294. The Hall–Kier alpha value is -2.16. The summed E-state index contributed by atoms with van der Waals surface area (Å²) in [4.78, 5) is 14.3. The van der Waals surface area contributed by atoms with Gasteiger partial charge in [-0.05, 0) is 36.5 Å². The Labute approximate surface area is 135 Å². The maximum atomic E-state index is 11.9. The molecule has 0 aliphatic carbocycles. The van der Waals surface area contributed by atoms with Crippen molar-refractivity contribution in [2.24, 2.45) is 5.10 Å². The molecule has 0 aliphatic rings. The van der Waals surface area contributed by atoms with Crippen LogP contribution in [0.1, 0.15) is 5.56 Å². The first-order chi connectivity index (χ1) is 10.5. The highest BCUT2D eigenvalue weighted by atomic mass is 35.5. The third-order valence-electron chi connectivity index (χ3n) is 2.71. The van der Waals surface area contributed by atoms with Crippen molar-refractivity contribution in [2.75, 3.05) is 13.2 Å². The highest BCUT2D eigenvalue weighted by Crippen LogP contribution is 2.20. The van der Waals surface area contributed by atoms with Gasteiger partial charge in [-0.15, -0.1) is 0 Å². The van der Waals surface area contributed by atoms with Gasteiger partial charge >= 0.3 is 0 Å². The topological polar surface area (TPSA) is 103 Å². The molecule has 0 radical (unpaired) electrons. The Morgan fingerprint density at radius 1 is 1.41 bits per heavy atom. The number of aliphatic hydroxyl groups excluding tert-OH is 1. The number of aliphatic hydroxyl groups is 1. The molecular formula is C13H13ClN4O3S. The minimum Gasteiger partial charge on any atom is -0.494 e. The molecule has 7 nitrogen and oxygen atoms in total. The maximum Gasteiger partial charge on any atom is 0.264 e. The van der Waals surface area contributed by atoms with Gasteiger partial charge in [0, 0.05) is 5.02 Å². The fraction of sp³-hybridized carbons (Fsp3) is 0.154. The number of nitrogens with one attached hydrogen (secondary N) is 2. The highest BCUT2D eigenvalue weighted by Gasteiger charge is 2.12. The molecule has 0 atom stereocenters. The molecule has 9 heteroatoms. The summed E-state index contributed by atoms with van der Waals surface area (Å²) in [6.45, 7) is 0.126. The van der Waals surface area contributed by atoms with Crippen molar-refractivity contribution >= 4 is 30.0 Å². The second-order valence-corrected chi connectivity index (χ2v) is 5.02. The average molecular weight is 341 g/mol. The number of benzene rings is 1. The first kappa shape index (κ1) is 16.2. The highest BCUT2D eigenvalue weighted by molar-refractivity contribution is 7.71. The number of aromatic hydroxyl groups is 1. The van der Waals surface area contributed by atoms with Crippen LogP contribution < -0.4 is 11.0 Å². The van der Waals surface area contributed by atoms with Crippen LogP contribution in [0.5, 0.6) is 5.88 Å². The van der Waals surface area contributed by atoms with Crippen molar-refractivity contribution in [3.63, 3.8) is 0 Å². The van der Waals surface area contributed by atoms with Gasteiger partial charge in [0.15, 0.2) is 4.77 Å². The van der Waals surface area contributed by atoms with E-state index in [0.29, 0.717) is 10.7 Å². The van der Waals surface area contributed by atoms with Crippen molar-refractivity contribution in [1.29, 1.82) is 0 Å². The van der Waals surface area contributed by atoms with Crippen molar-refractivity contribution < 1.29 is 10.2 Å². The molecule has 22 heavy (non-hydrogen) atoms. The van der Waals surface area contributed by atoms with E-state index in [0.717, 1.165) is 6.21 Å². The largest absolute Gasteiger partial charge is 0.494 e. The van der Waals surface area contributed by atoms with Crippen LogP contribution >= 0.6 is 23.8 Å². The maximum absolute atomic E-state index is 11.9. The van der Waals surface area contributed by atoms with E-state index in [9.17, 15) is 9.90 Å². The standard InChI is InChI=1S/C13H13ClN4O3S/c14-8-1-3-9(4-2-8)18-12(21)10(7-16-15-5-6-19)11(20)17-13(18)22/h1-4,7,15,19,21H,5-6H2,(H,17,20,22)/b16-7+. The number of halogens is 1. The third kappa shape index (κ3) is 3.53. The first-order valence-corrected chi connectivity index (χ1v) is 7.04. The molecule has 1 aromatic heterocycles. The summed E-state index contributed by atoms with van der Waals surface area (Å²) in [6.07, 6.45) is 1.16. The summed E-state index contributed by atoms with van der Waals surface area (Å²) in [5, 5.41) is 23.2. The minimum absolute atomic E-state index is 0.0466. The second-order valence-electron chi connectivity index (χ2n) is 4.20. The molecule has 116 valence electrons. The summed E-state index contributed by atoms with van der Waals surface area (Å²) in [5.74, 6) is -0.342. The lowest BCUT2D eigenvalue weighted by Crippen LogP contribution is -2.19. The number of rotatable bonds is 5. The summed E-state index contributed by atoms with van der Waals surface area (Å²) in [6, 6.07) is 6.59. The van der Waals surface area contributed by atoms with E-state index < -0.39 is 5.56 Å². The van der Waals surface area contributed by atoms with Gasteiger partial charge in [-0.2, -0.15) is 5.10 Å². The zero-order valence-corrected chi connectivity index (χ0v) is 12.9. The molecule has 0 saturated carbocycles. The van der Waals surface area contributed by atoms with E-state index in [1.165, 1.54) is 4.57 Å². The van der Waals surface area contributed by atoms with Gasteiger partial charge in [0.1, 0.15) is 5.56 Å². The summed E-state index contributed by atoms with van der Waals surface area (Å²) in [7, 11) is 0. The van der Waals surface area contributed by atoms with Crippen molar-refractivity contribution in [1.82, 2.24) is 15.0 Å². The predicted octanol–water partition coefficient (Wildman–Crippen LogP) is 1.17. The number of hydrogen-bond donors (Lipinski definition) is 4. The molecule has 0 amide bonds. The number of hydrazone groups is 1. The van der Waals surface area contributed by atoms with Crippen molar-refractivity contribution in [2.45, 2.75) is 0 Å². The molecular weight excluding hydrogens is 328 g/mol. The fourth-order valence-electron chi connectivity index (χ4n) is 1.71. The van der Waals surface area contributed by atoms with Crippen LogP contribution in [0.3, 0.4) is 0 Å². The summed E-state index contributed by atoms with van der Waals surface area (Å²) < 4.78 is 1.34. The number of H-pyrrole nitrogens is 1. The zero-order chi connectivity index (χ0) is 16.1. The fourth-order valence-corrected chi connectivity index (χ4v) is 2.12. The predicted molar refractivity (Wildman–Crippen MR) is 86.6 cm³/mol. The van der Waals surface area contributed by atoms with E-state index in [4.69, 9.17) is 28.9 Å². The third-order valence-corrected chi connectivity index (χ3v) is 3.25. The van der Waals surface area contributed by atoms with Crippen LogP contribution in [0.2, 0.25) is 5.02 Å². The SMILES string of the molecule is O=c1[nH]c(=S)n(-c2ccc(Cl)cc2)c(O)c1/C=N/NCCO. The number of nitrogens with zero attached hydrogens (tertiary/aromatic N) is 2. The monoisotopic (exact) mass is 340 g/mol. The van der Waals surface area contributed by atoms with Crippen LogP contribution in [0, 0.1) is 4.77 Å². The Kier molecular flexibility index (Phi) is 5.31. The molecule has 0 saturated heterocycles. The van der Waals surface area contributed by atoms with E-state index in [1.54, 1.807) is 24.3 Å². The molecule has 0 spiro atoms. The van der Waals surface area contributed by atoms with E-state index in [2.05, 4.69) is 15.5 Å². The zero-order valence-electron chi connectivity index (χ0n) is 11.3. The summed E-state index contributed by atoms with van der Waals surface area (Å²) in [5.41, 5.74) is 2.44. The Morgan fingerprint density at radius 3 is 2.73 bits per heavy atom. The molecule has 4 N–H and O–H groups in total. The quantitative estimate of drug-likeness (QED) is 0.283. The van der Waals surface area contributed by atoms with E-state index in [-0.39, 0.29) is 29.4 Å². The Bertz CT molecular complexity index is 798. The van der Waals surface area contributed by atoms with Gasteiger partial charge in [-0.3, -0.25) is 14.3 Å². The minimum atomic E-state index is -0.567. The average Bonchev–Trinajstić information content (AvgIpc) is 2.48. The molecule has 1 aromatic carbocycles. The van der Waals surface area contributed by atoms with Crippen LogP contribution in [-0.2, 0) is 0 Å². The van der Waals surface area contributed by atoms with Crippen LogP contribution in [0.25, 0.3) is 5.69 Å². The van der Waals surface area contributed by atoms with Gasteiger partial charge in [-0.1, -0.05) is 11.6 Å². The molecule has 0 unspecified atom stereocenters. The molecule has 0 fully saturated rings. The lowest BCUT2D eigenvalue weighted by Gasteiger charge is -2.11. The molecule has 1 heterocycles. The molecule has 0 bridgehead atoms. The van der Waals surface area contributed by atoms with Crippen molar-refractivity contribution in [3.05, 3.63) is 50.0 Å². The Morgan fingerprint density at radius 2 is 2.09 bits per heavy atom. The molecule has 2 aromatic rings. The van der Waals surface area contributed by atoms with Gasteiger partial charge in [-0.25, -0.2) is 0 Å². The summed E-state index contributed by atoms with van der Waals surface area (Å²) >= 11 is 10.9. The first-order valence-electron chi connectivity index (χ1n) is 6.25. The molecule has 2 rings (SSSR count). The lowest BCUT2D eigenvalue weighted by atomic mass is 10.3. The van der Waals surface area contributed by atoms with Gasteiger partial charge < -0.3 is 15.6 Å². The van der Waals surface area contributed by atoms with E-state index >= 15 is 0 Å². The smallest absolute Gasteiger partial charge is 0.264 e. The van der Waals surface area contributed by atoms with Crippen LogP contribution in [0.15, 0.2) is 34.2 Å². The number of aromatic amines is 1. The van der Waals surface area contributed by atoms with Gasteiger partial charge in [0.2, 0.25) is 5.88 Å². The van der Waals surface area contributed by atoms with Gasteiger partial charge in [0.25, 0.3) is 5.56 Å². The van der Waals surface area contributed by atoms with Crippen LogP contribution in [-0.4, -0.2) is 39.1 Å². The van der Waals surface area contributed by atoms with E-state index in [1.807, 2.05) is 0 Å². The molecule has 0 aliphatic heterocycles. The second kappa shape index (κ2) is 7.21. The Balaban J connectivity index is 2.51. The number of aromatic nitrogens is 2. The van der Waals surface area contributed by atoms with Crippen LogP contribution in [0.4, 0.5) is 0 Å². The number of hydrogen-bond acceptors (Lipinski definition) is 6. The van der Waals surface area contributed by atoms with Gasteiger partial charge in [0.05, 0.1) is 25.1 Å².